The molecule has 1 atom stereocenters. The molecule has 0 N–H and O–H groups in total. The Morgan fingerprint density at radius 3 is 2.00 bits per heavy atom. The molecular formula is C11H22O2. The van der Waals surface area contributed by atoms with Crippen molar-refractivity contribution in [3.63, 3.8) is 0 Å². The molecule has 0 aromatic rings. The zero-order valence-electron chi connectivity index (χ0n) is 9.68. The summed E-state index contributed by atoms with van der Waals surface area (Å²) in [4.78, 5) is 11.4. The third kappa shape index (κ3) is 5.67. The molecule has 0 aliphatic carbocycles. The fourth-order valence-corrected chi connectivity index (χ4v) is 1.07. The molecule has 0 heterocycles. The largest absolute Gasteiger partial charge is 0.462 e. The van der Waals surface area contributed by atoms with Gasteiger partial charge in [0.1, 0.15) is 0 Å². The summed E-state index contributed by atoms with van der Waals surface area (Å²) in [5.41, 5.74) is -0.384. The van der Waals surface area contributed by atoms with E-state index in [0.717, 1.165) is 6.42 Å². The highest BCUT2D eigenvalue weighted by Gasteiger charge is 2.24. The lowest BCUT2D eigenvalue weighted by atomic mass is 9.97. The van der Waals surface area contributed by atoms with E-state index in [9.17, 15) is 4.79 Å². The SMILES string of the molecule is CC(C)C[C@H](C)OC(=O)C(C)(C)C. The summed E-state index contributed by atoms with van der Waals surface area (Å²) in [6.45, 7) is 11.8. The first-order valence-electron chi connectivity index (χ1n) is 4.94. The van der Waals surface area contributed by atoms with E-state index >= 15 is 0 Å². The van der Waals surface area contributed by atoms with Crippen LogP contribution in [0.3, 0.4) is 0 Å². The van der Waals surface area contributed by atoms with Gasteiger partial charge in [0.25, 0.3) is 0 Å². The van der Waals surface area contributed by atoms with Crippen LogP contribution in [0, 0.1) is 11.3 Å². The van der Waals surface area contributed by atoms with Crippen molar-refractivity contribution in [1.29, 1.82) is 0 Å². The predicted molar refractivity (Wildman–Crippen MR) is 54.5 cm³/mol. The number of ether oxygens (including phenoxy) is 1. The lowest BCUT2D eigenvalue weighted by molar-refractivity contribution is -0.158. The van der Waals surface area contributed by atoms with Gasteiger partial charge in [0.15, 0.2) is 0 Å². The molecular weight excluding hydrogens is 164 g/mol. The van der Waals surface area contributed by atoms with Crippen LogP contribution in [0.2, 0.25) is 0 Å². The lowest BCUT2D eigenvalue weighted by Crippen LogP contribution is -2.27. The molecule has 0 aliphatic heterocycles. The van der Waals surface area contributed by atoms with E-state index in [4.69, 9.17) is 4.74 Å². The zero-order valence-corrected chi connectivity index (χ0v) is 9.68. The first-order valence-corrected chi connectivity index (χ1v) is 4.94. The summed E-state index contributed by atoms with van der Waals surface area (Å²) < 4.78 is 5.29. The van der Waals surface area contributed by atoms with E-state index in [1.54, 1.807) is 0 Å². The Morgan fingerprint density at radius 2 is 1.69 bits per heavy atom. The molecule has 0 fully saturated rings. The average Bonchev–Trinajstić information content (AvgIpc) is 1.82. The first kappa shape index (κ1) is 12.5. The minimum atomic E-state index is -0.384. The van der Waals surface area contributed by atoms with E-state index in [0.29, 0.717) is 5.92 Å². The van der Waals surface area contributed by atoms with Crippen molar-refractivity contribution < 1.29 is 9.53 Å². The van der Waals surface area contributed by atoms with Crippen molar-refractivity contribution in [1.82, 2.24) is 0 Å². The number of esters is 1. The van der Waals surface area contributed by atoms with E-state index < -0.39 is 0 Å². The van der Waals surface area contributed by atoms with Gasteiger partial charge in [-0.25, -0.2) is 0 Å². The van der Waals surface area contributed by atoms with Crippen molar-refractivity contribution >= 4 is 5.97 Å². The zero-order chi connectivity index (χ0) is 10.6. The molecule has 2 heteroatoms. The summed E-state index contributed by atoms with van der Waals surface area (Å²) in [5.74, 6) is 0.461. The Bertz CT molecular complexity index is 165. The summed E-state index contributed by atoms with van der Waals surface area (Å²) in [6.07, 6.45) is 0.966. The van der Waals surface area contributed by atoms with Crippen LogP contribution in [0.25, 0.3) is 0 Å². The van der Waals surface area contributed by atoms with E-state index in [2.05, 4.69) is 13.8 Å². The molecule has 0 radical (unpaired) electrons. The Morgan fingerprint density at radius 1 is 1.23 bits per heavy atom. The predicted octanol–water partition coefficient (Wildman–Crippen LogP) is 3.01. The monoisotopic (exact) mass is 186 g/mol. The van der Waals surface area contributed by atoms with Crippen molar-refractivity contribution in [2.45, 2.75) is 54.1 Å². The van der Waals surface area contributed by atoms with E-state index in [1.807, 2.05) is 27.7 Å². The Labute approximate surface area is 81.7 Å². The van der Waals surface area contributed by atoms with E-state index in [-0.39, 0.29) is 17.5 Å². The topological polar surface area (TPSA) is 26.3 Å². The van der Waals surface area contributed by atoms with Crippen LogP contribution in [0.4, 0.5) is 0 Å². The number of hydrogen-bond acceptors (Lipinski definition) is 2. The van der Waals surface area contributed by atoms with Crippen LogP contribution in [-0.4, -0.2) is 12.1 Å². The van der Waals surface area contributed by atoms with Crippen LogP contribution >= 0.6 is 0 Å². The quantitative estimate of drug-likeness (QED) is 0.633. The molecule has 0 aliphatic rings. The highest BCUT2D eigenvalue weighted by molar-refractivity contribution is 5.75. The second kappa shape index (κ2) is 4.64. The third-order valence-electron chi connectivity index (χ3n) is 1.72. The Kier molecular flexibility index (Phi) is 4.45. The van der Waals surface area contributed by atoms with Gasteiger partial charge in [0.2, 0.25) is 0 Å². The van der Waals surface area contributed by atoms with Crippen molar-refractivity contribution in [3.05, 3.63) is 0 Å². The van der Waals surface area contributed by atoms with Gasteiger partial charge in [-0.05, 0) is 40.0 Å². The van der Waals surface area contributed by atoms with Gasteiger partial charge < -0.3 is 4.74 Å². The maximum atomic E-state index is 11.4. The molecule has 0 saturated heterocycles. The van der Waals surface area contributed by atoms with Crippen molar-refractivity contribution in [3.8, 4) is 0 Å². The van der Waals surface area contributed by atoms with Gasteiger partial charge in [0.05, 0.1) is 11.5 Å². The summed E-state index contributed by atoms with van der Waals surface area (Å²) in [5, 5.41) is 0. The molecule has 0 aromatic heterocycles. The first-order chi connectivity index (χ1) is 5.73. The summed E-state index contributed by atoms with van der Waals surface area (Å²) in [7, 11) is 0. The van der Waals surface area contributed by atoms with Gasteiger partial charge in [-0.2, -0.15) is 0 Å². The Balaban J connectivity index is 3.93. The molecule has 0 rings (SSSR count). The van der Waals surface area contributed by atoms with Gasteiger partial charge >= 0.3 is 5.97 Å². The van der Waals surface area contributed by atoms with Gasteiger partial charge in [-0.1, -0.05) is 13.8 Å². The molecule has 0 saturated carbocycles. The molecule has 0 unspecified atom stereocenters. The standard InChI is InChI=1S/C11H22O2/c1-8(2)7-9(3)13-10(12)11(4,5)6/h8-9H,7H2,1-6H3/t9-/m0/s1. The summed E-state index contributed by atoms with van der Waals surface area (Å²) >= 11 is 0. The minimum absolute atomic E-state index is 0.0340. The molecule has 0 amide bonds. The molecule has 0 spiro atoms. The molecule has 78 valence electrons. The molecule has 0 aromatic carbocycles. The maximum absolute atomic E-state index is 11.4. The van der Waals surface area contributed by atoms with Gasteiger partial charge in [-0.3, -0.25) is 4.79 Å². The average molecular weight is 186 g/mol. The second-order valence-corrected chi connectivity index (χ2v) is 5.10. The van der Waals surface area contributed by atoms with Crippen molar-refractivity contribution in [2.24, 2.45) is 11.3 Å². The van der Waals surface area contributed by atoms with Gasteiger partial charge in [-0.15, -0.1) is 0 Å². The minimum Gasteiger partial charge on any atom is -0.462 e. The van der Waals surface area contributed by atoms with Crippen LogP contribution < -0.4 is 0 Å². The highest BCUT2D eigenvalue weighted by Crippen LogP contribution is 2.18. The second-order valence-electron chi connectivity index (χ2n) is 5.10. The number of carbonyl (C=O) groups excluding carboxylic acids is 1. The lowest BCUT2D eigenvalue weighted by Gasteiger charge is -2.21. The Hall–Kier alpha value is -0.530. The molecule has 2 nitrogen and oxygen atoms in total. The van der Waals surface area contributed by atoms with E-state index in [1.165, 1.54) is 0 Å². The normalized spacial score (nSPS) is 14.4. The smallest absolute Gasteiger partial charge is 0.311 e. The van der Waals surface area contributed by atoms with Crippen LogP contribution in [0.1, 0.15) is 48.0 Å². The van der Waals surface area contributed by atoms with Crippen LogP contribution in [-0.2, 0) is 9.53 Å². The summed E-state index contributed by atoms with van der Waals surface area (Å²) in [6, 6.07) is 0. The van der Waals surface area contributed by atoms with Crippen molar-refractivity contribution in [2.75, 3.05) is 0 Å². The van der Waals surface area contributed by atoms with Crippen LogP contribution in [0.5, 0.6) is 0 Å². The number of hydrogen-bond donors (Lipinski definition) is 0. The van der Waals surface area contributed by atoms with Gasteiger partial charge in [0, 0.05) is 0 Å². The third-order valence-corrected chi connectivity index (χ3v) is 1.72. The number of rotatable bonds is 3. The maximum Gasteiger partial charge on any atom is 0.311 e. The van der Waals surface area contributed by atoms with Crippen LogP contribution in [0.15, 0.2) is 0 Å². The fraction of sp³-hybridized carbons (Fsp3) is 0.909. The fourth-order valence-electron chi connectivity index (χ4n) is 1.07. The molecule has 0 bridgehead atoms. The highest BCUT2D eigenvalue weighted by atomic mass is 16.5. The number of carbonyl (C=O) groups is 1. The molecule has 13 heavy (non-hydrogen) atoms.